The first kappa shape index (κ1) is 19.6. The van der Waals surface area contributed by atoms with Gasteiger partial charge in [-0.1, -0.05) is 19.3 Å². The summed E-state index contributed by atoms with van der Waals surface area (Å²) in [4.78, 5) is 25.1. The molecule has 7 heteroatoms. The highest BCUT2D eigenvalue weighted by molar-refractivity contribution is 5.98. The number of hydrogen-bond acceptors (Lipinski definition) is 5. The molecule has 2 atom stereocenters. The maximum atomic E-state index is 12.6. The second-order valence-corrected chi connectivity index (χ2v) is 7.24. The van der Waals surface area contributed by atoms with E-state index >= 15 is 0 Å². The van der Waals surface area contributed by atoms with Gasteiger partial charge in [-0.25, -0.2) is 0 Å². The molecule has 7 nitrogen and oxygen atoms in total. The highest BCUT2D eigenvalue weighted by atomic mass is 16.5. The van der Waals surface area contributed by atoms with E-state index in [1.54, 1.807) is 25.3 Å². The van der Waals surface area contributed by atoms with Gasteiger partial charge in [0.1, 0.15) is 11.8 Å². The summed E-state index contributed by atoms with van der Waals surface area (Å²) >= 11 is 0. The van der Waals surface area contributed by atoms with Crippen LogP contribution in [-0.4, -0.2) is 44.2 Å². The van der Waals surface area contributed by atoms with Crippen LogP contribution in [0.4, 0.5) is 11.4 Å². The summed E-state index contributed by atoms with van der Waals surface area (Å²) in [6.07, 6.45) is 5.06. The number of amides is 2. The second kappa shape index (κ2) is 9.19. The summed E-state index contributed by atoms with van der Waals surface area (Å²) < 4.78 is 10.9. The van der Waals surface area contributed by atoms with E-state index in [9.17, 15) is 9.59 Å². The maximum absolute atomic E-state index is 12.6. The third-order valence-electron chi connectivity index (χ3n) is 5.30. The summed E-state index contributed by atoms with van der Waals surface area (Å²) in [6, 6.07) is 4.86. The van der Waals surface area contributed by atoms with Gasteiger partial charge in [-0.05, 0) is 38.0 Å². The SMILES string of the molecule is COc1ccc(NC(=O)[C@H]2NCCO[C@@H]2C)cc1NC(=O)C1CCCCC1. The van der Waals surface area contributed by atoms with Crippen LogP contribution < -0.4 is 20.7 Å². The number of ether oxygens (including phenoxy) is 2. The standard InChI is InChI=1S/C20H29N3O4/c1-13-18(21-10-11-27-13)20(25)22-15-8-9-17(26-2)16(12-15)23-19(24)14-6-4-3-5-7-14/h8-9,12-14,18,21H,3-7,10-11H2,1-2H3,(H,22,25)(H,23,24)/t13-,18+/m1/s1. The molecular weight excluding hydrogens is 346 g/mol. The molecular formula is C20H29N3O4. The van der Waals surface area contributed by atoms with Crippen molar-refractivity contribution in [3.63, 3.8) is 0 Å². The first-order valence-electron chi connectivity index (χ1n) is 9.73. The van der Waals surface area contributed by atoms with E-state index in [-0.39, 0.29) is 23.8 Å². The minimum Gasteiger partial charge on any atom is -0.495 e. The summed E-state index contributed by atoms with van der Waals surface area (Å²) in [6.45, 7) is 3.12. The highest BCUT2D eigenvalue weighted by Crippen LogP contribution is 2.30. The van der Waals surface area contributed by atoms with Crippen LogP contribution in [0.5, 0.6) is 5.75 Å². The molecule has 0 spiro atoms. The number of methoxy groups -OCH3 is 1. The Morgan fingerprint density at radius 1 is 1.15 bits per heavy atom. The van der Waals surface area contributed by atoms with Crippen molar-refractivity contribution in [3.05, 3.63) is 18.2 Å². The monoisotopic (exact) mass is 375 g/mol. The van der Waals surface area contributed by atoms with E-state index in [0.717, 1.165) is 25.7 Å². The van der Waals surface area contributed by atoms with E-state index in [0.29, 0.717) is 30.3 Å². The van der Waals surface area contributed by atoms with Gasteiger partial charge in [-0.2, -0.15) is 0 Å². The smallest absolute Gasteiger partial charge is 0.244 e. The van der Waals surface area contributed by atoms with Crippen molar-refractivity contribution in [1.82, 2.24) is 5.32 Å². The number of morpholine rings is 1. The first-order chi connectivity index (χ1) is 13.1. The Labute approximate surface area is 160 Å². The number of anilines is 2. The quantitative estimate of drug-likeness (QED) is 0.736. The molecule has 3 rings (SSSR count). The van der Waals surface area contributed by atoms with E-state index < -0.39 is 6.04 Å². The molecule has 148 valence electrons. The van der Waals surface area contributed by atoms with Gasteiger partial charge >= 0.3 is 0 Å². The summed E-state index contributed by atoms with van der Waals surface area (Å²) in [5, 5.41) is 9.05. The zero-order chi connectivity index (χ0) is 19.2. The van der Waals surface area contributed by atoms with Crippen LogP contribution in [0.15, 0.2) is 18.2 Å². The lowest BCUT2D eigenvalue weighted by Crippen LogP contribution is -2.53. The lowest BCUT2D eigenvalue weighted by atomic mass is 9.88. The Balaban J connectivity index is 1.69. The average molecular weight is 375 g/mol. The Bertz CT molecular complexity index is 673. The third kappa shape index (κ3) is 4.99. The third-order valence-corrected chi connectivity index (χ3v) is 5.30. The Hall–Kier alpha value is -2.12. The number of nitrogens with one attached hydrogen (secondary N) is 3. The van der Waals surface area contributed by atoms with E-state index in [1.165, 1.54) is 6.42 Å². The maximum Gasteiger partial charge on any atom is 0.244 e. The number of carbonyl (C=O) groups is 2. The molecule has 0 radical (unpaired) electrons. The Morgan fingerprint density at radius 3 is 2.63 bits per heavy atom. The van der Waals surface area contributed by atoms with Crippen molar-refractivity contribution >= 4 is 23.2 Å². The second-order valence-electron chi connectivity index (χ2n) is 7.24. The van der Waals surface area contributed by atoms with Crippen molar-refractivity contribution in [2.24, 2.45) is 5.92 Å². The Kier molecular flexibility index (Phi) is 6.68. The molecule has 1 saturated carbocycles. The van der Waals surface area contributed by atoms with Gasteiger partial charge in [-0.15, -0.1) is 0 Å². The molecule has 2 aliphatic rings. The molecule has 1 aromatic carbocycles. The molecule has 0 bridgehead atoms. The molecule has 1 saturated heterocycles. The molecule has 27 heavy (non-hydrogen) atoms. The normalized spacial score (nSPS) is 23.5. The van der Waals surface area contributed by atoms with Gasteiger partial charge < -0.3 is 25.4 Å². The zero-order valence-electron chi connectivity index (χ0n) is 16.0. The lowest BCUT2D eigenvalue weighted by Gasteiger charge is -2.29. The van der Waals surface area contributed by atoms with Crippen molar-refractivity contribution in [2.75, 3.05) is 30.9 Å². The highest BCUT2D eigenvalue weighted by Gasteiger charge is 2.28. The van der Waals surface area contributed by atoms with E-state index in [2.05, 4.69) is 16.0 Å². The van der Waals surface area contributed by atoms with Crippen LogP contribution in [0.3, 0.4) is 0 Å². The van der Waals surface area contributed by atoms with Gasteiger partial charge in [0.2, 0.25) is 11.8 Å². The van der Waals surface area contributed by atoms with Gasteiger partial charge in [0.25, 0.3) is 0 Å². The molecule has 1 heterocycles. The fourth-order valence-corrected chi connectivity index (χ4v) is 3.73. The van der Waals surface area contributed by atoms with Crippen molar-refractivity contribution in [2.45, 2.75) is 51.2 Å². The first-order valence-corrected chi connectivity index (χ1v) is 9.73. The molecule has 0 unspecified atom stereocenters. The van der Waals surface area contributed by atoms with Crippen LogP contribution in [0, 0.1) is 5.92 Å². The van der Waals surface area contributed by atoms with Crippen LogP contribution in [0.2, 0.25) is 0 Å². The molecule has 1 aliphatic carbocycles. The van der Waals surface area contributed by atoms with Crippen molar-refractivity contribution in [1.29, 1.82) is 0 Å². The van der Waals surface area contributed by atoms with Crippen LogP contribution in [0.1, 0.15) is 39.0 Å². The van der Waals surface area contributed by atoms with Gasteiger partial charge in [0.05, 0.1) is 25.5 Å². The van der Waals surface area contributed by atoms with Crippen molar-refractivity contribution < 1.29 is 19.1 Å². The number of hydrogen-bond donors (Lipinski definition) is 3. The van der Waals surface area contributed by atoms with Crippen LogP contribution in [-0.2, 0) is 14.3 Å². The van der Waals surface area contributed by atoms with Crippen LogP contribution in [0.25, 0.3) is 0 Å². The predicted molar refractivity (Wildman–Crippen MR) is 104 cm³/mol. The number of benzene rings is 1. The van der Waals surface area contributed by atoms with Gasteiger partial charge in [-0.3, -0.25) is 9.59 Å². The minimum atomic E-state index is -0.402. The molecule has 1 aliphatic heterocycles. The lowest BCUT2D eigenvalue weighted by molar-refractivity contribution is -0.123. The average Bonchev–Trinajstić information content (AvgIpc) is 2.69. The minimum absolute atomic E-state index is 0.0208. The molecule has 3 N–H and O–H groups in total. The fraction of sp³-hybridized carbons (Fsp3) is 0.600. The fourth-order valence-electron chi connectivity index (χ4n) is 3.73. The van der Waals surface area contributed by atoms with Crippen molar-refractivity contribution in [3.8, 4) is 5.75 Å². The number of carbonyl (C=O) groups excluding carboxylic acids is 2. The van der Waals surface area contributed by atoms with E-state index in [1.807, 2.05) is 6.92 Å². The summed E-state index contributed by atoms with van der Waals surface area (Å²) in [5.41, 5.74) is 1.19. The number of rotatable bonds is 5. The Morgan fingerprint density at radius 2 is 1.93 bits per heavy atom. The molecule has 2 amide bonds. The van der Waals surface area contributed by atoms with Crippen LogP contribution >= 0.6 is 0 Å². The molecule has 1 aromatic rings. The zero-order valence-corrected chi connectivity index (χ0v) is 16.0. The summed E-state index contributed by atoms with van der Waals surface area (Å²) in [7, 11) is 1.56. The van der Waals surface area contributed by atoms with Gasteiger partial charge in [0.15, 0.2) is 0 Å². The predicted octanol–water partition coefficient (Wildman–Crippen LogP) is 2.53. The van der Waals surface area contributed by atoms with Gasteiger partial charge in [0, 0.05) is 18.2 Å². The summed E-state index contributed by atoms with van der Waals surface area (Å²) in [5.74, 6) is 0.486. The molecule has 0 aromatic heterocycles. The largest absolute Gasteiger partial charge is 0.495 e. The molecule has 2 fully saturated rings. The van der Waals surface area contributed by atoms with E-state index in [4.69, 9.17) is 9.47 Å². The topological polar surface area (TPSA) is 88.7 Å².